The number of imidazole rings is 1. The molecule has 0 aliphatic rings. The second-order valence-corrected chi connectivity index (χ2v) is 9.18. The zero-order valence-corrected chi connectivity index (χ0v) is 20.5. The maximum absolute atomic E-state index is 13.0. The minimum absolute atomic E-state index is 0.00232. The quantitative estimate of drug-likeness (QED) is 0.281. The number of thioether (sulfide) groups is 1. The number of hydrogen-bond acceptors (Lipinski definition) is 7. The lowest BCUT2D eigenvalue weighted by Crippen LogP contribution is -2.38. The molecule has 182 valence electrons. The molecular formula is C25H26N4O5S. The van der Waals surface area contributed by atoms with Crippen LogP contribution in [-0.4, -0.2) is 48.0 Å². The third-order valence-electron chi connectivity index (χ3n) is 5.60. The van der Waals surface area contributed by atoms with E-state index in [-0.39, 0.29) is 35.9 Å². The molecule has 0 bridgehead atoms. The van der Waals surface area contributed by atoms with Crippen molar-refractivity contribution >= 4 is 28.7 Å². The molecule has 0 saturated heterocycles. The molecule has 2 aromatic heterocycles. The highest BCUT2D eigenvalue weighted by atomic mass is 32.2. The van der Waals surface area contributed by atoms with Crippen molar-refractivity contribution in [2.24, 2.45) is 14.1 Å². The Morgan fingerprint density at radius 3 is 2.43 bits per heavy atom. The van der Waals surface area contributed by atoms with Gasteiger partial charge in [-0.2, -0.15) is 0 Å². The number of Topliss-reactive ketones (excluding diaryl/α,β-unsaturated/α-hetero) is 1. The Balaban J connectivity index is 1.63. The lowest BCUT2D eigenvalue weighted by molar-refractivity contribution is 0.0913. The zero-order valence-electron chi connectivity index (χ0n) is 19.7. The summed E-state index contributed by atoms with van der Waals surface area (Å²) in [6.45, 7) is 1.96. The molecule has 4 rings (SSSR count). The number of nitrogens with zero attached hydrogens (tertiary/aromatic N) is 4. The molecule has 2 heterocycles. The number of hydrogen-bond donors (Lipinski definition) is 1. The van der Waals surface area contributed by atoms with E-state index in [1.807, 2.05) is 37.3 Å². The number of carbonyl (C=O) groups excluding carboxylic acids is 1. The molecule has 0 fully saturated rings. The summed E-state index contributed by atoms with van der Waals surface area (Å²) in [6.07, 6.45) is -0.972. The van der Waals surface area contributed by atoms with E-state index < -0.39 is 17.4 Å². The Bertz CT molecular complexity index is 1470. The van der Waals surface area contributed by atoms with Crippen LogP contribution < -0.4 is 16.0 Å². The van der Waals surface area contributed by atoms with Gasteiger partial charge in [0.2, 0.25) is 0 Å². The van der Waals surface area contributed by atoms with Gasteiger partial charge >= 0.3 is 5.69 Å². The predicted octanol–water partition coefficient (Wildman–Crippen LogP) is 2.16. The van der Waals surface area contributed by atoms with Gasteiger partial charge in [-0.1, -0.05) is 59.8 Å². The molecular weight excluding hydrogens is 468 g/mol. The third-order valence-corrected chi connectivity index (χ3v) is 6.57. The van der Waals surface area contributed by atoms with Gasteiger partial charge in [0.25, 0.3) is 5.56 Å². The lowest BCUT2D eigenvalue weighted by Gasteiger charge is -2.15. The van der Waals surface area contributed by atoms with E-state index in [4.69, 9.17) is 4.74 Å². The number of aromatic nitrogens is 4. The summed E-state index contributed by atoms with van der Waals surface area (Å²) in [6, 6.07) is 16.3. The smallest absolute Gasteiger partial charge is 0.332 e. The minimum atomic E-state index is -0.972. The van der Waals surface area contributed by atoms with Gasteiger partial charge < -0.3 is 14.4 Å². The van der Waals surface area contributed by atoms with E-state index >= 15 is 0 Å². The van der Waals surface area contributed by atoms with E-state index in [2.05, 4.69) is 4.98 Å². The minimum Gasteiger partial charge on any atom is -0.491 e. The van der Waals surface area contributed by atoms with Crippen molar-refractivity contribution in [3.63, 3.8) is 0 Å². The molecule has 4 aromatic rings. The zero-order chi connectivity index (χ0) is 25.1. The number of ether oxygens (including phenoxy) is 1. The molecule has 1 N–H and O–H groups in total. The number of aryl methyl sites for hydroxylation is 2. The van der Waals surface area contributed by atoms with Crippen LogP contribution in [0.4, 0.5) is 0 Å². The summed E-state index contributed by atoms with van der Waals surface area (Å²) in [5.41, 5.74) is 1.00. The Kier molecular flexibility index (Phi) is 7.23. The number of carbonyl (C=O) groups is 1. The maximum atomic E-state index is 13.0. The molecule has 0 aliphatic carbocycles. The lowest BCUT2D eigenvalue weighted by atomic mass is 10.2. The summed E-state index contributed by atoms with van der Waals surface area (Å²) in [4.78, 5) is 42.6. The van der Waals surface area contributed by atoms with Gasteiger partial charge in [-0.25, -0.2) is 9.78 Å². The Hall–Kier alpha value is -3.63. The molecule has 0 spiro atoms. The molecule has 0 saturated carbocycles. The van der Waals surface area contributed by atoms with Gasteiger partial charge in [0.05, 0.1) is 12.3 Å². The average Bonchev–Trinajstić information content (AvgIpc) is 3.23. The summed E-state index contributed by atoms with van der Waals surface area (Å²) in [5.74, 6) is 0.600. The Morgan fingerprint density at radius 2 is 1.74 bits per heavy atom. The highest BCUT2D eigenvalue weighted by Gasteiger charge is 2.22. The maximum Gasteiger partial charge on any atom is 0.332 e. The molecule has 0 radical (unpaired) electrons. The Labute approximate surface area is 205 Å². The first-order chi connectivity index (χ1) is 16.8. The number of fused-ring (bicyclic) bond motifs is 1. The summed E-state index contributed by atoms with van der Waals surface area (Å²) < 4.78 is 9.53. The van der Waals surface area contributed by atoms with Crippen LogP contribution in [0.25, 0.3) is 11.2 Å². The summed E-state index contributed by atoms with van der Waals surface area (Å²) in [5, 5.41) is 11.1. The number of aliphatic hydroxyl groups excluding tert-OH is 1. The van der Waals surface area contributed by atoms with Crippen molar-refractivity contribution in [1.29, 1.82) is 0 Å². The van der Waals surface area contributed by atoms with Crippen molar-refractivity contribution in [2.75, 3.05) is 12.4 Å². The molecule has 1 atom stereocenters. The molecule has 0 amide bonds. The molecule has 1 unspecified atom stereocenters. The van der Waals surface area contributed by atoms with Crippen LogP contribution in [0, 0.1) is 6.92 Å². The number of benzene rings is 2. The van der Waals surface area contributed by atoms with Gasteiger partial charge in [-0.3, -0.25) is 18.7 Å². The highest BCUT2D eigenvalue weighted by Crippen LogP contribution is 2.23. The van der Waals surface area contributed by atoms with Gasteiger partial charge in [0.15, 0.2) is 22.1 Å². The van der Waals surface area contributed by atoms with Crippen molar-refractivity contribution in [2.45, 2.75) is 24.7 Å². The highest BCUT2D eigenvalue weighted by molar-refractivity contribution is 7.99. The van der Waals surface area contributed by atoms with E-state index in [1.54, 1.807) is 28.8 Å². The fraction of sp³-hybridized carbons (Fsp3) is 0.280. The predicted molar refractivity (Wildman–Crippen MR) is 134 cm³/mol. The molecule has 35 heavy (non-hydrogen) atoms. The van der Waals surface area contributed by atoms with E-state index in [0.29, 0.717) is 16.5 Å². The van der Waals surface area contributed by atoms with Crippen molar-refractivity contribution in [3.05, 3.63) is 86.6 Å². The SMILES string of the molecule is Cc1ccc(OCC(O)Cn2c(SCC(=O)c3ccccc3)nc3c2c(=O)n(C)c(=O)n3C)cc1. The van der Waals surface area contributed by atoms with Crippen LogP contribution in [0.2, 0.25) is 0 Å². The Morgan fingerprint density at radius 1 is 1.06 bits per heavy atom. The molecule has 9 nitrogen and oxygen atoms in total. The largest absolute Gasteiger partial charge is 0.491 e. The molecule has 0 aliphatic heterocycles. The van der Waals surface area contributed by atoms with Crippen LogP contribution in [-0.2, 0) is 20.6 Å². The van der Waals surface area contributed by atoms with Crippen LogP contribution in [0.1, 0.15) is 15.9 Å². The number of ketones is 1. The van der Waals surface area contributed by atoms with Gasteiger partial charge in [-0.15, -0.1) is 0 Å². The van der Waals surface area contributed by atoms with Gasteiger partial charge in [0, 0.05) is 19.7 Å². The second-order valence-electron chi connectivity index (χ2n) is 8.24. The first-order valence-corrected chi connectivity index (χ1v) is 12.0. The normalized spacial score (nSPS) is 12.1. The summed E-state index contributed by atoms with van der Waals surface area (Å²) >= 11 is 1.15. The number of rotatable bonds is 9. The van der Waals surface area contributed by atoms with Crippen molar-refractivity contribution in [1.82, 2.24) is 18.7 Å². The summed E-state index contributed by atoms with van der Waals surface area (Å²) in [7, 11) is 2.92. The first kappa shape index (κ1) is 24.5. The van der Waals surface area contributed by atoms with Gasteiger partial charge in [0.1, 0.15) is 18.5 Å². The van der Waals surface area contributed by atoms with E-state index in [9.17, 15) is 19.5 Å². The van der Waals surface area contributed by atoms with Gasteiger partial charge in [-0.05, 0) is 19.1 Å². The van der Waals surface area contributed by atoms with Crippen molar-refractivity contribution < 1.29 is 14.6 Å². The van der Waals surface area contributed by atoms with Crippen LogP contribution >= 0.6 is 11.8 Å². The number of aliphatic hydroxyl groups is 1. The second kappa shape index (κ2) is 10.3. The van der Waals surface area contributed by atoms with Crippen LogP contribution in [0.3, 0.4) is 0 Å². The van der Waals surface area contributed by atoms with E-state index in [0.717, 1.165) is 21.9 Å². The third kappa shape index (κ3) is 5.23. The van der Waals surface area contributed by atoms with Crippen LogP contribution in [0.5, 0.6) is 5.75 Å². The topological polar surface area (TPSA) is 108 Å². The fourth-order valence-electron chi connectivity index (χ4n) is 3.63. The fourth-order valence-corrected chi connectivity index (χ4v) is 4.53. The monoisotopic (exact) mass is 494 g/mol. The van der Waals surface area contributed by atoms with E-state index in [1.165, 1.54) is 18.7 Å². The standard InChI is InChI=1S/C25H26N4O5S/c1-16-9-11-19(12-10-16)34-14-18(30)13-29-21-22(27(2)25(33)28(3)23(21)32)26-24(29)35-15-20(31)17-7-5-4-6-8-17/h4-12,18,30H,13-15H2,1-3H3. The van der Waals surface area contributed by atoms with Crippen molar-refractivity contribution in [3.8, 4) is 5.75 Å². The molecule has 10 heteroatoms. The average molecular weight is 495 g/mol. The van der Waals surface area contributed by atoms with Crippen LogP contribution in [0.15, 0.2) is 69.3 Å². The first-order valence-electron chi connectivity index (χ1n) is 11.0. The molecule has 2 aromatic carbocycles.